The van der Waals surface area contributed by atoms with Gasteiger partial charge in [-0.25, -0.2) is 0 Å². The van der Waals surface area contributed by atoms with Crippen molar-refractivity contribution in [2.75, 3.05) is 9.80 Å². The lowest BCUT2D eigenvalue weighted by Gasteiger charge is -2.26. The molecular weight excluding hydrogens is 677 g/mol. The molecule has 0 radical (unpaired) electrons. The molecule has 8 rings (SSSR count). The maximum Gasteiger partial charge on any atom is 0.0462 e. The van der Waals surface area contributed by atoms with E-state index in [0.717, 1.165) is 39.7 Å². The number of hydrogen-bond donors (Lipinski definition) is 0. The summed E-state index contributed by atoms with van der Waals surface area (Å²) in [5.41, 5.74) is 18.8. The van der Waals surface area contributed by atoms with E-state index in [1.165, 1.54) is 50.1 Å². The van der Waals surface area contributed by atoms with Crippen molar-refractivity contribution in [1.29, 1.82) is 0 Å². The van der Waals surface area contributed by atoms with Gasteiger partial charge in [0.25, 0.3) is 0 Å². The fourth-order valence-corrected chi connectivity index (χ4v) is 7.15. The first-order chi connectivity index (χ1) is 27.4. The van der Waals surface area contributed by atoms with Gasteiger partial charge in [0.15, 0.2) is 0 Å². The molecule has 0 atom stereocenters. The standard InChI is InChI=1S/C54H46N2/c1-39-10-26-48(27-11-39)55(49-28-12-40(2)13-29-49)52-34-18-43(19-35-52)38-54(46-8-6-5-7-9-46)47-22-20-44(21-23-47)45-24-36-53(37-25-45)56(50-30-14-41(3)15-31-50)51-32-16-42(4)17-33-51/h5-38H,1-4H3. The molecule has 0 bridgehead atoms. The predicted molar refractivity (Wildman–Crippen MR) is 240 cm³/mol. The molecule has 0 N–H and O–H groups in total. The molecule has 0 aliphatic heterocycles. The molecule has 0 spiro atoms. The SMILES string of the molecule is Cc1ccc(N(c2ccc(C)cc2)c2ccc(C=C(c3ccccc3)c3ccc(-c4ccc(N(c5ccc(C)cc5)c5ccc(C)cc5)cc4)cc3)cc2)cc1. The average molecular weight is 723 g/mol. The van der Waals surface area contributed by atoms with Crippen LogP contribution in [0.1, 0.15) is 38.9 Å². The van der Waals surface area contributed by atoms with Crippen molar-refractivity contribution in [3.8, 4) is 11.1 Å². The van der Waals surface area contributed by atoms with Crippen LogP contribution in [0.3, 0.4) is 0 Å². The summed E-state index contributed by atoms with van der Waals surface area (Å²) in [4.78, 5) is 4.63. The van der Waals surface area contributed by atoms with Crippen molar-refractivity contribution in [1.82, 2.24) is 0 Å². The summed E-state index contributed by atoms with van der Waals surface area (Å²) in [7, 11) is 0. The van der Waals surface area contributed by atoms with Crippen LogP contribution in [0.15, 0.2) is 200 Å². The summed E-state index contributed by atoms with van der Waals surface area (Å²) in [5.74, 6) is 0. The minimum atomic E-state index is 1.12. The quantitative estimate of drug-likeness (QED) is 0.130. The maximum atomic E-state index is 2.32. The zero-order valence-corrected chi connectivity index (χ0v) is 32.5. The van der Waals surface area contributed by atoms with Gasteiger partial charge in [-0.15, -0.1) is 0 Å². The van der Waals surface area contributed by atoms with Crippen LogP contribution in [-0.2, 0) is 0 Å². The van der Waals surface area contributed by atoms with Crippen molar-refractivity contribution < 1.29 is 0 Å². The van der Waals surface area contributed by atoms with Crippen LogP contribution in [0.25, 0.3) is 22.8 Å². The Morgan fingerprint density at radius 2 is 0.589 bits per heavy atom. The van der Waals surface area contributed by atoms with Crippen molar-refractivity contribution in [3.63, 3.8) is 0 Å². The van der Waals surface area contributed by atoms with Crippen molar-refractivity contribution in [2.24, 2.45) is 0 Å². The van der Waals surface area contributed by atoms with Gasteiger partial charge in [0.2, 0.25) is 0 Å². The summed E-state index contributed by atoms with van der Waals surface area (Å²) in [6.07, 6.45) is 2.30. The number of anilines is 6. The minimum absolute atomic E-state index is 1.12. The molecule has 0 aliphatic rings. The van der Waals surface area contributed by atoms with E-state index in [9.17, 15) is 0 Å². The molecule has 2 heteroatoms. The molecule has 0 unspecified atom stereocenters. The maximum absolute atomic E-state index is 2.32. The molecule has 0 aliphatic carbocycles. The number of nitrogens with zero attached hydrogens (tertiary/aromatic N) is 2. The number of benzene rings is 8. The van der Waals surface area contributed by atoms with E-state index in [1.54, 1.807) is 0 Å². The van der Waals surface area contributed by atoms with E-state index in [4.69, 9.17) is 0 Å². The first kappa shape index (κ1) is 36.1. The summed E-state index contributed by atoms with van der Waals surface area (Å²) < 4.78 is 0. The monoisotopic (exact) mass is 722 g/mol. The number of aryl methyl sites for hydroxylation is 4. The Labute approximate surface area is 332 Å². The summed E-state index contributed by atoms with van der Waals surface area (Å²) in [6.45, 7) is 8.52. The minimum Gasteiger partial charge on any atom is -0.311 e. The average Bonchev–Trinajstić information content (AvgIpc) is 3.24. The van der Waals surface area contributed by atoms with E-state index >= 15 is 0 Å². The number of hydrogen-bond acceptors (Lipinski definition) is 2. The zero-order chi connectivity index (χ0) is 38.4. The predicted octanol–water partition coefficient (Wildman–Crippen LogP) is 15.1. The highest BCUT2D eigenvalue weighted by Gasteiger charge is 2.15. The van der Waals surface area contributed by atoms with Crippen LogP contribution in [0, 0.1) is 27.7 Å². The largest absolute Gasteiger partial charge is 0.311 e. The van der Waals surface area contributed by atoms with Crippen molar-refractivity contribution in [2.45, 2.75) is 27.7 Å². The molecule has 8 aromatic carbocycles. The molecule has 0 fully saturated rings. The van der Waals surface area contributed by atoms with Gasteiger partial charge in [0.1, 0.15) is 0 Å². The van der Waals surface area contributed by atoms with Gasteiger partial charge in [0, 0.05) is 34.1 Å². The second-order valence-electron chi connectivity index (χ2n) is 14.7. The van der Waals surface area contributed by atoms with E-state index in [-0.39, 0.29) is 0 Å². The summed E-state index contributed by atoms with van der Waals surface area (Å²) in [6, 6.07) is 72.4. The Morgan fingerprint density at radius 1 is 0.304 bits per heavy atom. The van der Waals surface area contributed by atoms with Crippen LogP contribution in [0.5, 0.6) is 0 Å². The van der Waals surface area contributed by atoms with E-state index in [1.807, 2.05) is 0 Å². The normalized spacial score (nSPS) is 11.3. The van der Waals surface area contributed by atoms with Crippen LogP contribution in [0.2, 0.25) is 0 Å². The summed E-state index contributed by atoms with van der Waals surface area (Å²) in [5, 5.41) is 0. The fraction of sp³-hybridized carbons (Fsp3) is 0.0741. The van der Waals surface area contributed by atoms with Crippen molar-refractivity contribution >= 4 is 45.8 Å². The molecule has 0 heterocycles. The first-order valence-electron chi connectivity index (χ1n) is 19.3. The molecule has 272 valence electrons. The third-order valence-electron chi connectivity index (χ3n) is 10.4. The lowest BCUT2D eigenvalue weighted by atomic mass is 9.94. The smallest absolute Gasteiger partial charge is 0.0462 e. The highest BCUT2D eigenvalue weighted by atomic mass is 15.1. The molecule has 0 saturated carbocycles. The Bertz CT molecular complexity index is 2440. The third kappa shape index (κ3) is 8.11. The molecule has 0 amide bonds. The van der Waals surface area contributed by atoms with Gasteiger partial charge >= 0.3 is 0 Å². The van der Waals surface area contributed by atoms with Crippen LogP contribution in [0.4, 0.5) is 34.1 Å². The lowest BCUT2D eigenvalue weighted by molar-refractivity contribution is 1.27. The van der Waals surface area contributed by atoms with Gasteiger partial charge in [-0.2, -0.15) is 0 Å². The van der Waals surface area contributed by atoms with Gasteiger partial charge < -0.3 is 9.80 Å². The second kappa shape index (κ2) is 16.2. The fourth-order valence-electron chi connectivity index (χ4n) is 7.15. The Kier molecular flexibility index (Phi) is 10.5. The van der Waals surface area contributed by atoms with Crippen molar-refractivity contribution in [3.05, 3.63) is 239 Å². The van der Waals surface area contributed by atoms with E-state index in [2.05, 4.69) is 244 Å². The van der Waals surface area contributed by atoms with Crippen LogP contribution >= 0.6 is 0 Å². The molecular formula is C54H46N2. The second-order valence-corrected chi connectivity index (χ2v) is 14.7. The molecule has 8 aromatic rings. The lowest BCUT2D eigenvalue weighted by Crippen LogP contribution is -2.09. The Balaban J connectivity index is 1.09. The van der Waals surface area contributed by atoms with Gasteiger partial charge in [-0.1, -0.05) is 150 Å². The molecule has 2 nitrogen and oxygen atoms in total. The van der Waals surface area contributed by atoms with E-state index < -0.39 is 0 Å². The van der Waals surface area contributed by atoms with Crippen LogP contribution < -0.4 is 9.80 Å². The van der Waals surface area contributed by atoms with E-state index in [0.29, 0.717) is 0 Å². The highest BCUT2D eigenvalue weighted by molar-refractivity contribution is 5.92. The Morgan fingerprint density at radius 3 is 0.946 bits per heavy atom. The molecule has 0 aromatic heterocycles. The first-order valence-corrected chi connectivity index (χ1v) is 19.3. The molecule has 0 saturated heterocycles. The van der Waals surface area contributed by atoms with Gasteiger partial charge in [-0.3, -0.25) is 0 Å². The zero-order valence-electron chi connectivity index (χ0n) is 32.5. The third-order valence-corrected chi connectivity index (χ3v) is 10.4. The van der Waals surface area contributed by atoms with Gasteiger partial charge in [0.05, 0.1) is 0 Å². The van der Waals surface area contributed by atoms with Crippen LogP contribution in [-0.4, -0.2) is 0 Å². The Hall–Kier alpha value is -6.90. The molecule has 56 heavy (non-hydrogen) atoms. The van der Waals surface area contributed by atoms with Gasteiger partial charge in [-0.05, 0) is 140 Å². The summed E-state index contributed by atoms with van der Waals surface area (Å²) >= 11 is 0. The highest BCUT2D eigenvalue weighted by Crippen LogP contribution is 2.38. The topological polar surface area (TPSA) is 6.48 Å². The number of rotatable bonds is 10.